The first-order valence-corrected chi connectivity index (χ1v) is 11.8. The van der Waals surface area contributed by atoms with Crippen LogP contribution in [0.15, 0.2) is 66.7 Å². The topological polar surface area (TPSA) is 64.1 Å². The number of aromatic nitrogens is 1. The zero-order valence-electron chi connectivity index (χ0n) is 19.7. The third-order valence-corrected chi connectivity index (χ3v) is 6.67. The van der Waals surface area contributed by atoms with Gasteiger partial charge in [-0.1, -0.05) is 0 Å². The highest BCUT2D eigenvalue weighted by atomic mass is 19.1. The fraction of sp³-hybridized carbons (Fsp3) is 0.214. The second-order valence-electron chi connectivity index (χ2n) is 8.76. The quantitative estimate of drug-likeness (QED) is 0.416. The first kappa shape index (κ1) is 22.2. The number of pyridine rings is 1. The number of benzene rings is 3. The molecule has 8 heteroatoms. The Balaban J connectivity index is 1.33. The number of carbonyl (C=O) groups is 1. The third-order valence-electron chi connectivity index (χ3n) is 6.67. The van der Waals surface area contributed by atoms with Gasteiger partial charge in [0.2, 0.25) is 6.79 Å². The van der Waals surface area contributed by atoms with Gasteiger partial charge in [0, 0.05) is 42.8 Å². The van der Waals surface area contributed by atoms with E-state index < -0.39 is 0 Å². The van der Waals surface area contributed by atoms with Crippen LogP contribution in [0.5, 0.6) is 17.2 Å². The maximum absolute atomic E-state index is 13.8. The van der Waals surface area contributed by atoms with Crippen molar-refractivity contribution in [3.05, 3.63) is 78.1 Å². The smallest absolute Gasteiger partial charge is 0.254 e. The monoisotopic (exact) mass is 485 g/mol. The number of hydrogen-bond donors (Lipinski definition) is 0. The SMILES string of the molecule is COc1ccc2nc(-c3ccc4c(c3)OCO4)cc(C(=O)N3CCN(c4ccc(F)cc4)CC3)c2c1. The second-order valence-corrected chi connectivity index (χ2v) is 8.76. The molecule has 0 N–H and O–H groups in total. The Morgan fingerprint density at radius 1 is 0.917 bits per heavy atom. The highest BCUT2D eigenvalue weighted by Crippen LogP contribution is 2.37. The maximum atomic E-state index is 13.8. The summed E-state index contributed by atoms with van der Waals surface area (Å²) in [4.78, 5) is 22.7. The molecule has 182 valence electrons. The molecule has 0 saturated carbocycles. The largest absolute Gasteiger partial charge is 0.497 e. The molecular weight excluding hydrogens is 461 g/mol. The summed E-state index contributed by atoms with van der Waals surface area (Å²) < 4.78 is 29.7. The van der Waals surface area contributed by atoms with Gasteiger partial charge in [0.05, 0.1) is 23.9 Å². The second kappa shape index (κ2) is 9.03. The van der Waals surface area contributed by atoms with Crippen LogP contribution in [0.1, 0.15) is 10.4 Å². The van der Waals surface area contributed by atoms with Gasteiger partial charge in [-0.2, -0.15) is 0 Å². The highest BCUT2D eigenvalue weighted by Gasteiger charge is 2.25. The summed E-state index contributed by atoms with van der Waals surface area (Å²) in [5.74, 6) is 1.70. The Labute approximate surface area is 207 Å². The van der Waals surface area contributed by atoms with Crippen molar-refractivity contribution in [2.75, 3.05) is 45.0 Å². The highest BCUT2D eigenvalue weighted by molar-refractivity contribution is 6.07. The van der Waals surface area contributed by atoms with Gasteiger partial charge in [-0.05, 0) is 66.7 Å². The summed E-state index contributed by atoms with van der Waals surface area (Å²) in [6.07, 6.45) is 0. The van der Waals surface area contributed by atoms with Gasteiger partial charge in [0.1, 0.15) is 11.6 Å². The van der Waals surface area contributed by atoms with Crippen molar-refractivity contribution in [2.45, 2.75) is 0 Å². The van der Waals surface area contributed by atoms with Crippen molar-refractivity contribution < 1.29 is 23.4 Å². The molecule has 2 aliphatic heterocycles. The predicted molar refractivity (Wildman–Crippen MR) is 134 cm³/mol. The minimum atomic E-state index is -0.258. The number of rotatable bonds is 4. The van der Waals surface area contributed by atoms with Crippen LogP contribution >= 0.6 is 0 Å². The Morgan fingerprint density at radius 3 is 2.47 bits per heavy atom. The van der Waals surface area contributed by atoms with Crippen LogP contribution in [0, 0.1) is 5.82 Å². The number of anilines is 1. The van der Waals surface area contributed by atoms with Gasteiger partial charge in [-0.25, -0.2) is 9.37 Å². The molecule has 0 atom stereocenters. The molecule has 3 aromatic carbocycles. The maximum Gasteiger partial charge on any atom is 0.254 e. The summed E-state index contributed by atoms with van der Waals surface area (Å²) in [6, 6.07) is 19.5. The van der Waals surface area contributed by atoms with E-state index in [1.807, 2.05) is 47.4 Å². The minimum absolute atomic E-state index is 0.0589. The molecule has 0 bridgehead atoms. The number of carbonyl (C=O) groups excluding carboxylic acids is 1. The van der Waals surface area contributed by atoms with Crippen LogP contribution in [0.3, 0.4) is 0 Å². The molecule has 1 aromatic heterocycles. The van der Waals surface area contributed by atoms with Gasteiger partial charge in [0.25, 0.3) is 5.91 Å². The molecule has 0 radical (unpaired) electrons. The fourth-order valence-electron chi connectivity index (χ4n) is 4.70. The van der Waals surface area contributed by atoms with E-state index in [1.165, 1.54) is 12.1 Å². The molecule has 3 heterocycles. The van der Waals surface area contributed by atoms with E-state index >= 15 is 0 Å². The first-order valence-electron chi connectivity index (χ1n) is 11.8. The molecule has 2 aliphatic rings. The van der Waals surface area contributed by atoms with Gasteiger partial charge < -0.3 is 24.0 Å². The Kier molecular flexibility index (Phi) is 5.56. The van der Waals surface area contributed by atoms with Crippen LogP contribution in [-0.2, 0) is 0 Å². The molecule has 1 amide bonds. The van der Waals surface area contributed by atoms with Crippen LogP contribution in [0.4, 0.5) is 10.1 Å². The van der Waals surface area contributed by atoms with Crippen LogP contribution in [0.25, 0.3) is 22.2 Å². The van der Waals surface area contributed by atoms with E-state index in [2.05, 4.69) is 4.90 Å². The van der Waals surface area contributed by atoms with Crippen molar-refractivity contribution in [1.82, 2.24) is 9.88 Å². The molecule has 1 saturated heterocycles. The van der Waals surface area contributed by atoms with Crippen LogP contribution in [0.2, 0.25) is 0 Å². The predicted octanol–water partition coefficient (Wildman–Crippen LogP) is 4.74. The summed E-state index contributed by atoms with van der Waals surface area (Å²) in [7, 11) is 1.60. The molecule has 0 unspecified atom stereocenters. The summed E-state index contributed by atoms with van der Waals surface area (Å²) in [5, 5.41) is 0.741. The standard InChI is InChI=1S/C28H24FN3O4/c1-34-21-7-8-24-22(15-21)23(16-25(30-24)18-2-9-26-27(14-18)36-17-35-26)28(33)32-12-10-31(11-13-32)20-5-3-19(29)4-6-20/h2-9,14-16H,10-13,17H2,1H3. The van der Waals surface area contributed by atoms with E-state index in [-0.39, 0.29) is 18.5 Å². The Morgan fingerprint density at radius 2 is 1.69 bits per heavy atom. The lowest BCUT2D eigenvalue weighted by molar-refractivity contribution is 0.0748. The van der Waals surface area contributed by atoms with Crippen molar-refractivity contribution in [3.8, 4) is 28.5 Å². The van der Waals surface area contributed by atoms with E-state index in [0.29, 0.717) is 60.2 Å². The van der Waals surface area contributed by atoms with Gasteiger partial charge in [-0.15, -0.1) is 0 Å². The van der Waals surface area contributed by atoms with Crippen LogP contribution in [-0.4, -0.2) is 55.9 Å². The van der Waals surface area contributed by atoms with Gasteiger partial charge in [0.15, 0.2) is 11.5 Å². The van der Waals surface area contributed by atoms with Crippen LogP contribution < -0.4 is 19.1 Å². The van der Waals surface area contributed by atoms with E-state index in [1.54, 1.807) is 19.2 Å². The number of fused-ring (bicyclic) bond motifs is 2. The number of nitrogens with zero attached hydrogens (tertiary/aromatic N) is 3. The Bertz CT molecular complexity index is 1450. The lowest BCUT2D eigenvalue weighted by Gasteiger charge is -2.36. The van der Waals surface area contributed by atoms with Crippen molar-refractivity contribution >= 4 is 22.5 Å². The van der Waals surface area contributed by atoms with E-state index in [4.69, 9.17) is 19.2 Å². The number of ether oxygens (including phenoxy) is 3. The number of halogens is 1. The lowest BCUT2D eigenvalue weighted by atomic mass is 10.0. The summed E-state index contributed by atoms with van der Waals surface area (Å²) in [6.45, 7) is 2.64. The number of methoxy groups -OCH3 is 1. The van der Waals surface area contributed by atoms with Gasteiger partial charge >= 0.3 is 0 Å². The zero-order valence-corrected chi connectivity index (χ0v) is 19.7. The first-order chi connectivity index (χ1) is 17.6. The number of hydrogen-bond acceptors (Lipinski definition) is 6. The zero-order chi connectivity index (χ0) is 24.6. The van der Waals surface area contributed by atoms with Crippen molar-refractivity contribution in [1.29, 1.82) is 0 Å². The average Bonchev–Trinajstić information content (AvgIpc) is 3.40. The minimum Gasteiger partial charge on any atom is -0.497 e. The summed E-state index contributed by atoms with van der Waals surface area (Å²) in [5.41, 5.74) is 3.75. The van der Waals surface area contributed by atoms with Gasteiger partial charge in [-0.3, -0.25) is 4.79 Å². The molecule has 7 nitrogen and oxygen atoms in total. The molecule has 6 rings (SSSR count). The number of amides is 1. The Hall–Kier alpha value is -4.33. The molecule has 36 heavy (non-hydrogen) atoms. The molecule has 0 spiro atoms. The van der Waals surface area contributed by atoms with Crippen molar-refractivity contribution in [2.24, 2.45) is 0 Å². The molecule has 4 aromatic rings. The average molecular weight is 486 g/mol. The summed E-state index contributed by atoms with van der Waals surface area (Å²) >= 11 is 0. The van der Waals surface area contributed by atoms with E-state index in [9.17, 15) is 9.18 Å². The van der Waals surface area contributed by atoms with Crippen molar-refractivity contribution in [3.63, 3.8) is 0 Å². The molecule has 1 fully saturated rings. The van der Waals surface area contributed by atoms with E-state index in [0.717, 1.165) is 16.6 Å². The fourth-order valence-corrected chi connectivity index (χ4v) is 4.70. The molecule has 0 aliphatic carbocycles. The number of piperazine rings is 1. The normalized spacial score (nSPS) is 14.8. The third kappa shape index (κ3) is 4.04. The molecular formula is C28H24FN3O4. The lowest BCUT2D eigenvalue weighted by Crippen LogP contribution is -2.48.